The average Bonchev–Trinajstić information content (AvgIpc) is 0.845. The van der Waals surface area contributed by atoms with E-state index < -0.39 is 0 Å². The molecule has 6 nitrogen and oxygen atoms in total. The van der Waals surface area contributed by atoms with E-state index in [0.717, 1.165) is 65.5 Å². The van der Waals surface area contributed by atoms with E-state index >= 15 is 0 Å². The molecule has 4 aromatic rings. The van der Waals surface area contributed by atoms with Crippen LogP contribution in [0.4, 0.5) is 0 Å². The number of hydrogen-bond acceptors (Lipinski definition) is 7. The van der Waals surface area contributed by atoms with Crippen molar-refractivity contribution in [2.24, 2.45) is 45.8 Å². The number of rotatable bonds is 17. The van der Waals surface area contributed by atoms with Gasteiger partial charge in [0, 0.05) is 31.9 Å². The molecule has 1 N–H and O–H groups in total. The van der Waals surface area contributed by atoms with Crippen LogP contribution >= 0.6 is 27.7 Å². The van der Waals surface area contributed by atoms with Gasteiger partial charge in [-0.3, -0.25) is 0 Å². The number of methoxy groups -OCH3 is 5. The van der Waals surface area contributed by atoms with Crippen molar-refractivity contribution in [1.82, 2.24) is 0 Å². The quantitative estimate of drug-likeness (QED) is 0.0835. The smallest absolute Gasteiger partial charge is 0.200 e. The van der Waals surface area contributed by atoms with Crippen molar-refractivity contribution in [3.63, 3.8) is 0 Å². The average molecular weight is 1380 g/mol. The first-order valence-electron chi connectivity index (χ1n) is 34.1. The van der Waals surface area contributed by atoms with Crippen molar-refractivity contribution in [3.05, 3.63) is 130 Å². The SMILES string of the molecule is C.C=CC(C)C.CC(C)(C)C.CC(C)C.CC(C)Cc1ccccc1.CC(C)c1ccc(Br)cc1.CCCCCC(C)C.COCCC(C)(C)C.COCCC(C)(C)C.COc1cc(C(C)(C)C)cc(OC)c1O.COc1ccc(C(C)(C)C)cc1.CSCC(C)C. The molecule has 4 rings (SSSR count). The van der Waals surface area contributed by atoms with Crippen molar-refractivity contribution in [1.29, 1.82) is 0 Å². The van der Waals surface area contributed by atoms with Crippen LogP contribution < -0.4 is 14.2 Å². The molecule has 0 aliphatic rings. The Morgan fingerprint density at radius 1 is 0.533 bits per heavy atom. The highest BCUT2D eigenvalue weighted by atomic mass is 79.9. The summed E-state index contributed by atoms with van der Waals surface area (Å²) in [7, 11) is 8.23. The number of hydrogen-bond donors (Lipinski definition) is 1. The number of benzene rings is 4. The van der Waals surface area contributed by atoms with Gasteiger partial charge in [0.05, 0.1) is 21.3 Å². The number of allylic oxidation sites excluding steroid dienone is 1. The topological polar surface area (TPSA) is 66.4 Å². The Hall–Kier alpha value is -3.43. The zero-order valence-corrected chi connectivity index (χ0v) is 69.2. The van der Waals surface area contributed by atoms with Crippen molar-refractivity contribution in [3.8, 4) is 23.0 Å². The summed E-state index contributed by atoms with van der Waals surface area (Å²) in [5.74, 6) is 7.79. The molecule has 0 bridgehead atoms. The van der Waals surface area contributed by atoms with Crippen molar-refractivity contribution >= 4 is 27.7 Å². The Bertz CT molecular complexity index is 2110. The maximum absolute atomic E-state index is 9.73. The Balaban J connectivity index is -0.000000143. The summed E-state index contributed by atoms with van der Waals surface area (Å²) >= 11 is 5.30. The first-order chi connectivity index (χ1) is 41.6. The van der Waals surface area contributed by atoms with Crippen LogP contribution in [-0.2, 0) is 26.7 Å². The molecular weight excluding hydrogens is 1220 g/mol. The van der Waals surface area contributed by atoms with Crippen LogP contribution in [0.15, 0.2) is 108 Å². The minimum atomic E-state index is -0.00569. The molecule has 0 aliphatic carbocycles. The second kappa shape index (κ2) is 61.2. The fourth-order valence-corrected chi connectivity index (χ4v) is 7.23. The maximum Gasteiger partial charge on any atom is 0.200 e. The van der Waals surface area contributed by atoms with Gasteiger partial charge >= 0.3 is 0 Å². The second-order valence-electron chi connectivity index (χ2n) is 31.8. The first kappa shape index (κ1) is 105. The normalized spacial score (nSPS) is 10.7. The highest BCUT2D eigenvalue weighted by molar-refractivity contribution is 9.10. The largest absolute Gasteiger partial charge is 0.502 e. The monoisotopic (exact) mass is 1370 g/mol. The van der Waals surface area contributed by atoms with Crippen molar-refractivity contribution in [2.75, 3.05) is 60.8 Å². The highest BCUT2D eigenvalue weighted by Gasteiger charge is 2.20. The van der Waals surface area contributed by atoms with Crippen molar-refractivity contribution in [2.45, 2.75) is 277 Å². The number of ether oxygens (including phenoxy) is 5. The van der Waals surface area contributed by atoms with Crippen molar-refractivity contribution < 1.29 is 28.8 Å². The molecule has 0 aliphatic heterocycles. The summed E-state index contributed by atoms with van der Waals surface area (Å²) in [6.07, 6.45) is 13.1. The maximum atomic E-state index is 9.73. The molecule has 92 heavy (non-hydrogen) atoms. The lowest BCUT2D eigenvalue weighted by Crippen LogP contribution is -2.11. The van der Waals surface area contributed by atoms with Crippen LogP contribution in [0.25, 0.3) is 0 Å². The zero-order valence-electron chi connectivity index (χ0n) is 66.8. The van der Waals surface area contributed by atoms with Crippen LogP contribution in [0.5, 0.6) is 23.0 Å². The highest BCUT2D eigenvalue weighted by Crippen LogP contribution is 2.40. The number of phenols is 1. The molecule has 0 atom stereocenters. The molecule has 0 fully saturated rings. The van der Waals surface area contributed by atoms with Crippen LogP contribution in [0, 0.1) is 45.8 Å². The van der Waals surface area contributed by atoms with E-state index in [1.807, 2.05) is 42.1 Å². The number of phenolic OH excluding ortho intramolecular Hbond substituents is 1. The second-order valence-corrected chi connectivity index (χ2v) is 33.6. The molecule has 0 radical (unpaired) electrons. The summed E-state index contributed by atoms with van der Waals surface area (Å²) in [6, 6.07) is 30.9. The molecule has 0 unspecified atom stereocenters. The third-order valence-electron chi connectivity index (χ3n) is 11.8. The lowest BCUT2D eigenvalue weighted by Gasteiger charge is -2.21. The van der Waals surface area contributed by atoms with E-state index in [1.165, 1.54) is 68.8 Å². The third-order valence-corrected chi connectivity index (χ3v) is 13.3. The summed E-state index contributed by atoms with van der Waals surface area (Å²) in [6.45, 7) is 71.1. The van der Waals surface area contributed by atoms with E-state index in [-0.39, 0.29) is 24.0 Å². The molecular formula is C84H157BrO6S. The fraction of sp³-hybridized carbons (Fsp3) is 0.690. The van der Waals surface area contributed by atoms with E-state index in [4.69, 9.17) is 23.7 Å². The van der Waals surface area contributed by atoms with Crippen LogP contribution in [0.3, 0.4) is 0 Å². The fourth-order valence-electron chi connectivity index (χ4n) is 6.30. The number of halogens is 1. The Labute approximate surface area is 589 Å². The summed E-state index contributed by atoms with van der Waals surface area (Å²) in [4.78, 5) is 0. The zero-order chi connectivity index (χ0) is 72.8. The summed E-state index contributed by atoms with van der Waals surface area (Å²) in [5, 5.41) is 9.73. The van der Waals surface area contributed by atoms with Gasteiger partial charge in [-0.2, -0.15) is 11.8 Å². The van der Waals surface area contributed by atoms with Gasteiger partial charge in [0.15, 0.2) is 11.5 Å². The molecule has 0 heterocycles. The van der Waals surface area contributed by atoms with E-state index in [1.54, 1.807) is 21.3 Å². The van der Waals surface area contributed by atoms with Gasteiger partial charge in [0.1, 0.15) is 5.75 Å². The summed E-state index contributed by atoms with van der Waals surface area (Å²) in [5.41, 5.74) is 6.81. The van der Waals surface area contributed by atoms with Gasteiger partial charge in [-0.25, -0.2) is 0 Å². The predicted molar refractivity (Wildman–Crippen MR) is 426 cm³/mol. The van der Waals surface area contributed by atoms with Gasteiger partial charge in [-0.15, -0.1) is 6.58 Å². The minimum absolute atomic E-state index is 0. The molecule has 0 aromatic heterocycles. The molecule has 542 valence electrons. The first-order valence-corrected chi connectivity index (χ1v) is 36.3. The summed E-state index contributed by atoms with van der Waals surface area (Å²) < 4.78 is 26.3. The molecule has 0 saturated carbocycles. The molecule has 0 amide bonds. The van der Waals surface area contributed by atoms with Gasteiger partial charge in [0.25, 0.3) is 0 Å². The lowest BCUT2D eigenvalue weighted by molar-refractivity contribution is 0.159. The number of aromatic hydroxyl groups is 1. The molecule has 8 heteroatoms. The molecule has 4 aromatic carbocycles. The lowest BCUT2D eigenvalue weighted by atomic mass is 9.86. The minimum Gasteiger partial charge on any atom is -0.502 e. The van der Waals surface area contributed by atoms with Crippen LogP contribution in [0.2, 0.25) is 0 Å². The van der Waals surface area contributed by atoms with Crippen LogP contribution in [0.1, 0.15) is 282 Å². The van der Waals surface area contributed by atoms with E-state index in [0.29, 0.717) is 39.6 Å². The molecule has 0 saturated heterocycles. The predicted octanol–water partition coefficient (Wildman–Crippen LogP) is 27.7. The number of thioether (sulfide) groups is 1. The van der Waals surface area contributed by atoms with Gasteiger partial charge in [-0.05, 0) is 153 Å². The van der Waals surface area contributed by atoms with Gasteiger partial charge in [-0.1, -0.05) is 317 Å². The van der Waals surface area contributed by atoms with Gasteiger partial charge in [0.2, 0.25) is 5.75 Å². The Morgan fingerprint density at radius 3 is 1.14 bits per heavy atom. The Morgan fingerprint density at radius 2 is 0.913 bits per heavy atom. The standard InChI is InChI=1S/C12H18O3.C11H16O.C10H14.C9H11Br.C8H18.2C7H16O.C5H12S.C5H12.C5H10.C4H10.CH4/c1-12(2,3)8-6-9(14-4)11(13)10(7-8)15-5;1-11(2,3)9-5-7-10(12-4)8-6-9;1-9(2)8-10-6-4-3-5-7-10;1-7(2)8-3-5-9(10)6-4-8;1-4-5-6-7-8(2)3;2*1-7(2,3)5-6-8-4;1-5(2)4-6-3;1-5(2,3)4;1-4-5(2)3;1-4(2)3;/h6-7,13H,1-5H3;5-8H,1-4H3;3-7,9H,8H2,1-2H3;3-7H,1-2H3;8H,4-7H2,1-3H3;2*5-6H2,1-4H3;5H,4H2,1-3H3;1-4H3;4-5H,1H2,2-3H3;4H,1-3H3;1H4. The third kappa shape index (κ3) is 84.6. The van der Waals surface area contributed by atoms with E-state index in [2.05, 4.69) is 303 Å². The van der Waals surface area contributed by atoms with E-state index in [9.17, 15) is 5.11 Å². The Kier molecular flexibility index (Phi) is 69.6. The van der Waals surface area contributed by atoms with Gasteiger partial charge < -0.3 is 28.8 Å². The molecule has 0 spiro atoms. The van der Waals surface area contributed by atoms with Crippen LogP contribution in [-0.4, -0.2) is 65.9 Å². The number of unbranched alkanes of at least 4 members (excludes halogenated alkanes) is 2.